The third-order valence-corrected chi connectivity index (χ3v) is 6.91. The van der Waals surface area contributed by atoms with E-state index in [1.807, 2.05) is 24.4 Å². The fourth-order valence-electron chi connectivity index (χ4n) is 4.07. The molecule has 0 saturated carbocycles. The fourth-order valence-corrected chi connectivity index (χ4v) is 5.37. The highest BCUT2D eigenvalue weighted by Gasteiger charge is 2.41. The Balaban J connectivity index is 1.60. The highest BCUT2D eigenvalue weighted by molar-refractivity contribution is 7.80. The molecule has 0 amide bonds. The number of unbranched alkanes of at least 4 members (excludes halogenated alkanes) is 1. The minimum atomic E-state index is -0.00131. The molecule has 152 valence electrons. The Labute approximate surface area is 185 Å². The van der Waals surface area contributed by atoms with Gasteiger partial charge in [0.2, 0.25) is 0 Å². The van der Waals surface area contributed by atoms with Crippen LogP contribution in [0, 0.1) is 0 Å². The van der Waals surface area contributed by atoms with Gasteiger partial charge in [0.05, 0.1) is 33.7 Å². The molecule has 1 fully saturated rings. The maximum atomic E-state index is 5.76. The Kier molecular flexibility index (Phi) is 5.23. The van der Waals surface area contributed by atoms with Gasteiger partial charge >= 0.3 is 0 Å². The first-order valence-corrected chi connectivity index (χ1v) is 11.5. The monoisotopic (exact) mass is 433 g/mol. The zero-order valence-electron chi connectivity index (χ0n) is 16.7. The lowest BCUT2D eigenvalue weighted by molar-refractivity contribution is 0.304. The molecular formula is C23H23N5S2. The van der Waals surface area contributed by atoms with Crippen molar-refractivity contribution in [1.82, 2.24) is 24.8 Å². The number of hydrogen-bond acceptors (Lipinski definition) is 4. The van der Waals surface area contributed by atoms with Crippen LogP contribution >= 0.6 is 23.6 Å². The average Bonchev–Trinajstić information content (AvgIpc) is 3.49. The van der Waals surface area contributed by atoms with Crippen LogP contribution in [0.2, 0.25) is 0 Å². The van der Waals surface area contributed by atoms with Crippen LogP contribution in [0.4, 0.5) is 0 Å². The van der Waals surface area contributed by atoms with E-state index in [0.29, 0.717) is 0 Å². The number of aromatic nitrogens is 3. The van der Waals surface area contributed by atoms with Gasteiger partial charge in [0.1, 0.15) is 0 Å². The predicted octanol–water partition coefficient (Wildman–Crippen LogP) is 5.25. The van der Waals surface area contributed by atoms with E-state index in [2.05, 4.69) is 69.3 Å². The third-order valence-electron chi connectivity index (χ3n) is 5.52. The maximum Gasteiger partial charge on any atom is 0.194 e. The second kappa shape index (κ2) is 8.16. The molecule has 5 nitrogen and oxygen atoms in total. The Morgan fingerprint density at radius 1 is 1.10 bits per heavy atom. The van der Waals surface area contributed by atoms with Crippen LogP contribution in [0.3, 0.4) is 0 Å². The minimum absolute atomic E-state index is 0.00131. The van der Waals surface area contributed by atoms with Gasteiger partial charge in [0.25, 0.3) is 0 Å². The highest BCUT2D eigenvalue weighted by Crippen LogP contribution is 2.40. The summed E-state index contributed by atoms with van der Waals surface area (Å²) in [6, 6.07) is 18.7. The zero-order valence-corrected chi connectivity index (χ0v) is 18.4. The van der Waals surface area contributed by atoms with Crippen molar-refractivity contribution in [2.75, 3.05) is 6.54 Å². The van der Waals surface area contributed by atoms with E-state index in [9.17, 15) is 0 Å². The van der Waals surface area contributed by atoms with E-state index in [1.54, 1.807) is 11.3 Å². The minimum Gasteiger partial charge on any atom is -0.352 e. The van der Waals surface area contributed by atoms with Gasteiger partial charge < -0.3 is 10.2 Å². The number of nitrogens with one attached hydrogen (secondary N) is 1. The van der Waals surface area contributed by atoms with Crippen LogP contribution in [-0.2, 0) is 0 Å². The lowest BCUT2D eigenvalue weighted by Gasteiger charge is -2.28. The van der Waals surface area contributed by atoms with E-state index in [4.69, 9.17) is 17.2 Å². The molecule has 0 radical (unpaired) electrons. The van der Waals surface area contributed by atoms with Crippen LogP contribution < -0.4 is 5.32 Å². The SMILES string of the molecule is CCCCN1C(=S)N[C@H](c2ccccn2)[C@@H]1c1cccn1-c1nc2ccccc2s1. The second-order valence-corrected chi connectivity index (χ2v) is 8.84. The van der Waals surface area contributed by atoms with Crippen molar-refractivity contribution in [3.63, 3.8) is 0 Å². The van der Waals surface area contributed by atoms with E-state index in [1.165, 1.54) is 10.4 Å². The summed E-state index contributed by atoms with van der Waals surface area (Å²) in [5.74, 6) is 0. The first kappa shape index (κ1) is 19.2. The molecule has 1 aromatic carbocycles. The molecule has 0 aliphatic carbocycles. The zero-order chi connectivity index (χ0) is 20.5. The van der Waals surface area contributed by atoms with Crippen LogP contribution in [0.15, 0.2) is 67.0 Å². The molecule has 0 bridgehead atoms. The molecular weight excluding hydrogens is 410 g/mol. The number of thiazole rings is 1. The number of benzene rings is 1. The van der Waals surface area contributed by atoms with Crippen molar-refractivity contribution in [2.45, 2.75) is 31.8 Å². The molecule has 0 unspecified atom stereocenters. The molecule has 4 aromatic rings. The third kappa shape index (κ3) is 3.38. The number of nitrogens with zero attached hydrogens (tertiary/aromatic N) is 4. The van der Waals surface area contributed by atoms with Crippen LogP contribution in [0.25, 0.3) is 15.3 Å². The van der Waals surface area contributed by atoms with E-state index in [-0.39, 0.29) is 12.1 Å². The summed E-state index contributed by atoms with van der Waals surface area (Å²) >= 11 is 7.47. The number of para-hydroxylation sites is 1. The number of hydrogen-bond donors (Lipinski definition) is 1. The number of thiocarbonyl (C=S) groups is 1. The van der Waals surface area contributed by atoms with Gasteiger partial charge in [-0.05, 0) is 55.0 Å². The first-order chi connectivity index (χ1) is 14.8. The Bertz CT molecular complexity index is 1130. The molecule has 2 atom stereocenters. The highest BCUT2D eigenvalue weighted by atomic mass is 32.1. The lowest BCUT2D eigenvalue weighted by atomic mass is 10.0. The van der Waals surface area contributed by atoms with Crippen LogP contribution in [0.5, 0.6) is 0 Å². The fraction of sp³-hybridized carbons (Fsp3) is 0.261. The molecule has 1 N–H and O–H groups in total. The Morgan fingerprint density at radius 2 is 1.97 bits per heavy atom. The number of rotatable bonds is 6. The first-order valence-electron chi connectivity index (χ1n) is 10.3. The largest absolute Gasteiger partial charge is 0.352 e. The smallest absolute Gasteiger partial charge is 0.194 e. The van der Waals surface area contributed by atoms with Crippen LogP contribution in [0.1, 0.15) is 43.2 Å². The molecule has 5 rings (SSSR count). The van der Waals surface area contributed by atoms with Crippen molar-refractivity contribution >= 4 is 38.9 Å². The van der Waals surface area contributed by atoms with Crippen molar-refractivity contribution in [2.24, 2.45) is 0 Å². The summed E-state index contributed by atoms with van der Waals surface area (Å²) in [7, 11) is 0. The van der Waals surface area contributed by atoms with Crippen molar-refractivity contribution in [3.8, 4) is 5.13 Å². The summed E-state index contributed by atoms with van der Waals surface area (Å²) in [6.45, 7) is 3.13. The van der Waals surface area contributed by atoms with Gasteiger partial charge in [0.15, 0.2) is 10.2 Å². The van der Waals surface area contributed by atoms with E-state index in [0.717, 1.165) is 40.8 Å². The normalized spacial score (nSPS) is 18.8. The molecule has 1 aliphatic heterocycles. The van der Waals surface area contributed by atoms with Gasteiger partial charge in [-0.2, -0.15) is 0 Å². The standard InChI is InChI=1S/C23H23N5S2/c1-2-3-14-28-21(20(26-22(28)29)17-10-6-7-13-24-17)18-11-8-15-27(18)23-25-16-9-4-5-12-19(16)30-23/h4-13,15,20-21H,2-3,14H2,1H3,(H,26,29)/t20-,21+/m1/s1. The second-order valence-electron chi connectivity index (χ2n) is 7.44. The Hall–Kier alpha value is -2.77. The summed E-state index contributed by atoms with van der Waals surface area (Å²) < 4.78 is 3.40. The van der Waals surface area contributed by atoms with Gasteiger partial charge in [-0.3, -0.25) is 9.55 Å². The van der Waals surface area contributed by atoms with Gasteiger partial charge in [0, 0.05) is 18.9 Å². The summed E-state index contributed by atoms with van der Waals surface area (Å²) in [5.41, 5.74) is 3.20. The summed E-state index contributed by atoms with van der Waals surface area (Å²) in [6.07, 6.45) is 6.16. The lowest BCUT2D eigenvalue weighted by Crippen LogP contribution is -2.31. The molecule has 0 spiro atoms. The van der Waals surface area contributed by atoms with Crippen molar-refractivity contribution in [1.29, 1.82) is 0 Å². The number of pyridine rings is 1. The Morgan fingerprint density at radius 3 is 2.77 bits per heavy atom. The quantitative estimate of drug-likeness (QED) is 0.421. The van der Waals surface area contributed by atoms with E-state index >= 15 is 0 Å². The topological polar surface area (TPSA) is 46.0 Å². The molecule has 1 saturated heterocycles. The molecule has 30 heavy (non-hydrogen) atoms. The predicted molar refractivity (Wildman–Crippen MR) is 126 cm³/mol. The molecule has 3 aromatic heterocycles. The maximum absolute atomic E-state index is 5.76. The summed E-state index contributed by atoms with van der Waals surface area (Å²) in [5, 5.41) is 5.31. The molecule has 7 heteroatoms. The van der Waals surface area contributed by atoms with Gasteiger partial charge in [-0.1, -0.05) is 42.9 Å². The van der Waals surface area contributed by atoms with Crippen molar-refractivity contribution < 1.29 is 0 Å². The molecule has 1 aliphatic rings. The van der Waals surface area contributed by atoms with Crippen LogP contribution in [-0.4, -0.2) is 31.1 Å². The average molecular weight is 434 g/mol. The van der Waals surface area contributed by atoms with Gasteiger partial charge in [-0.15, -0.1) is 0 Å². The number of fused-ring (bicyclic) bond motifs is 1. The molecule has 4 heterocycles. The van der Waals surface area contributed by atoms with Crippen molar-refractivity contribution in [3.05, 3.63) is 78.4 Å². The van der Waals surface area contributed by atoms with Gasteiger partial charge in [-0.25, -0.2) is 4.98 Å². The summed E-state index contributed by atoms with van der Waals surface area (Å²) in [4.78, 5) is 11.8. The van der Waals surface area contributed by atoms with E-state index < -0.39 is 0 Å².